The molecule has 0 aromatic carbocycles. The molecule has 3 rings (SSSR count). The number of nitrogens with zero attached hydrogens (tertiary/aromatic N) is 4. The second-order valence-corrected chi connectivity index (χ2v) is 6.99. The highest BCUT2D eigenvalue weighted by Crippen LogP contribution is 2.40. The Kier molecular flexibility index (Phi) is 4.29. The largest absolute Gasteiger partial charge is 0.406 e. The molecule has 0 saturated carbocycles. The molecule has 0 aromatic rings. The van der Waals surface area contributed by atoms with Crippen molar-refractivity contribution in [3.05, 3.63) is 0 Å². The highest BCUT2D eigenvalue weighted by molar-refractivity contribution is 6.00. The first-order valence-corrected chi connectivity index (χ1v) is 8.28. The van der Waals surface area contributed by atoms with E-state index < -0.39 is 30.2 Å². The van der Waals surface area contributed by atoms with Gasteiger partial charge in [-0.05, 0) is 32.6 Å². The molecule has 0 aromatic heterocycles. The summed E-state index contributed by atoms with van der Waals surface area (Å²) in [6.45, 7) is 1.68. The Hall–Kier alpha value is -1.67. The molecular formula is C15H21F3N4O2. The molecule has 2 unspecified atom stereocenters. The summed E-state index contributed by atoms with van der Waals surface area (Å²) in [6.07, 6.45) is -2.01. The molecule has 0 aliphatic carbocycles. The van der Waals surface area contributed by atoms with Gasteiger partial charge >= 0.3 is 6.18 Å². The fraction of sp³-hybridized carbons (Fsp3) is 0.867. The number of hydrogen-bond donors (Lipinski definition) is 0. The van der Waals surface area contributed by atoms with E-state index >= 15 is 0 Å². The minimum absolute atomic E-state index is 0.0561. The molecule has 2 amide bonds. The van der Waals surface area contributed by atoms with Crippen molar-refractivity contribution < 1.29 is 22.8 Å². The molecule has 2 fully saturated rings. The van der Waals surface area contributed by atoms with E-state index in [1.807, 2.05) is 6.92 Å². The monoisotopic (exact) mass is 346 g/mol. The summed E-state index contributed by atoms with van der Waals surface area (Å²) in [5.74, 6) is -1.90. The van der Waals surface area contributed by atoms with E-state index in [1.54, 1.807) is 4.90 Å². The van der Waals surface area contributed by atoms with Crippen LogP contribution in [0.5, 0.6) is 0 Å². The third kappa shape index (κ3) is 3.54. The Morgan fingerprint density at radius 1 is 1.25 bits per heavy atom. The summed E-state index contributed by atoms with van der Waals surface area (Å²) in [7, 11) is 0. The van der Waals surface area contributed by atoms with E-state index in [9.17, 15) is 22.8 Å². The van der Waals surface area contributed by atoms with E-state index in [-0.39, 0.29) is 18.4 Å². The van der Waals surface area contributed by atoms with Gasteiger partial charge in [0.25, 0.3) is 0 Å². The lowest BCUT2D eigenvalue weighted by atomic mass is 9.87. The predicted molar refractivity (Wildman–Crippen MR) is 77.9 cm³/mol. The quantitative estimate of drug-likeness (QED) is 0.736. The number of carbonyl (C=O) groups excluding carboxylic acids is 2. The maximum absolute atomic E-state index is 12.7. The molecule has 6 nitrogen and oxygen atoms in total. The van der Waals surface area contributed by atoms with Gasteiger partial charge in [0.2, 0.25) is 11.8 Å². The van der Waals surface area contributed by atoms with Crippen LogP contribution < -0.4 is 0 Å². The van der Waals surface area contributed by atoms with Gasteiger partial charge in [0.15, 0.2) is 5.66 Å². The zero-order valence-corrected chi connectivity index (χ0v) is 13.6. The standard InChI is InChI=1S/C15H21F3N4O2/c1-14(19-20-14)10-4-2-6-21(8-10)12(23)11-5-3-7-22(13(11)24)9-15(16,17)18/h10-11H,2-9H2,1H3. The summed E-state index contributed by atoms with van der Waals surface area (Å²) in [5.41, 5.74) is -0.433. The molecule has 3 heterocycles. The number of alkyl halides is 3. The van der Waals surface area contributed by atoms with Crippen LogP contribution in [0.4, 0.5) is 13.2 Å². The SMILES string of the molecule is CC1(C2CCCN(C(=O)C3CCCN(CC(F)(F)F)C3=O)C2)N=N1. The average molecular weight is 346 g/mol. The molecule has 0 radical (unpaired) electrons. The van der Waals surface area contributed by atoms with Gasteiger partial charge in [-0.3, -0.25) is 9.59 Å². The topological polar surface area (TPSA) is 65.3 Å². The summed E-state index contributed by atoms with van der Waals surface area (Å²) in [4.78, 5) is 27.4. The van der Waals surface area contributed by atoms with Crippen LogP contribution in [0.3, 0.4) is 0 Å². The fourth-order valence-electron chi connectivity index (χ4n) is 3.63. The zero-order valence-electron chi connectivity index (χ0n) is 13.6. The molecule has 2 saturated heterocycles. The van der Waals surface area contributed by atoms with Gasteiger partial charge in [-0.15, -0.1) is 0 Å². The molecule has 0 N–H and O–H groups in total. The van der Waals surface area contributed by atoms with Crippen molar-refractivity contribution in [3.63, 3.8) is 0 Å². The minimum Gasteiger partial charge on any atom is -0.342 e. The van der Waals surface area contributed by atoms with E-state index in [0.717, 1.165) is 17.7 Å². The third-order valence-electron chi connectivity index (χ3n) is 5.12. The van der Waals surface area contributed by atoms with Crippen molar-refractivity contribution in [2.45, 2.75) is 44.4 Å². The van der Waals surface area contributed by atoms with Gasteiger partial charge in [-0.1, -0.05) is 0 Å². The molecule has 3 aliphatic rings. The number of likely N-dealkylation sites (tertiary alicyclic amines) is 2. The molecular weight excluding hydrogens is 325 g/mol. The van der Waals surface area contributed by atoms with Crippen molar-refractivity contribution >= 4 is 11.8 Å². The van der Waals surface area contributed by atoms with Crippen LogP contribution in [0.2, 0.25) is 0 Å². The maximum Gasteiger partial charge on any atom is 0.406 e. The second-order valence-electron chi connectivity index (χ2n) is 6.99. The number of piperidine rings is 2. The van der Waals surface area contributed by atoms with Crippen LogP contribution in [-0.4, -0.2) is 59.6 Å². The van der Waals surface area contributed by atoms with Gasteiger partial charge in [0.1, 0.15) is 12.5 Å². The number of halogens is 3. The molecule has 0 bridgehead atoms. The number of rotatable bonds is 3. The second kappa shape index (κ2) is 6.00. The Bertz CT molecular complexity index is 557. The van der Waals surface area contributed by atoms with Crippen molar-refractivity contribution in [1.29, 1.82) is 0 Å². The average Bonchev–Trinajstić information content (AvgIpc) is 3.27. The Morgan fingerprint density at radius 2 is 1.92 bits per heavy atom. The van der Waals surface area contributed by atoms with Crippen molar-refractivity contribution in [1.82, 2.24) is 9.80 Å². The van der Waals surface area contributed by atoms with Gasteiger partial charge in [0.05, 0.1) is 0 Å². The van der Waals surface area contributed by atoms with E-state index in [0.29, 0.717) is 25.9 Å². The van der Waals surface area contributed by atoms with Gasteiger partial charge in [-0.25, -0.2) is 0 Å². The Labute approximate surface area is 138 Å². The first-order chi connectivity index (χ1) is 11.2. The molecule has 24 heavy (non-hydrogen) atoms. The third-order valence-corrected chi connectivity index (χ3v) is 5.12. The van der Waals surface area contributed by atoms with Gasteiger partial charge in [0, 0.05) is 25.6 Å². The summed E-state index contributed by atoms with van der Waals surface area (Å²) in [6, 6.07) is 0. The lowest BCUT2D eigenvalue weighted by Crippen LogP contribution is -2.53. The molecule has 0 spiro atoms. The lowest BCUT2D eigenvalue weighted by Gasteiger charge is -2.38. The number of hydrogen-bond acceptors (Lipinski definition) is 4. The van der Waals surface area contributed by atoms with Crippen molar-refractivity contribution in [3.8, 4) is 0 Å². The Morgan fingerprint density at radius 3 is 2.54 bits per heavy atom. The van der Waals surface area contributed by atoms with E-state index in [1.165, 1.54) is 0 Å². The van der Waals surface area contributed by atoms with Gasteiger partial charge < -0.3 is 9.80 Å². The lowest BCUT2D eigenvalue weighted by molar-refractivity contribution is -0.170. The highest BCUT2D eigenvalue weighted by atomic mass is 19.4. The van der Waals surface area contributed by atoms with Gasteiger partial charge in [-0.2, -0.15) is 23.4 Å². The first kappa shape index (κ1) is 17.2. The van der Waals surface area contributed by atoms with Crippen molar-refractivity contribution in [2.75, 3.05) is 26.2 Å². The fourth-order valence-corrected chi connectivity index (χ4v) is 3.63. The molecule has 3 aliphatic heterocycles. The van der Waals surface area contributed by atoms with E-state index in [2.05, 4.69) is 10.2 Å². The van der Waals surface area contributed by atoms with Crippen LogP contribution in [0.1, 0.15) is 32.6 Å². The summed E-state index contributed by atoms with van der Waals surface area (Å²) >= 11 is 0. The summed E-state index contributed by atoms with van der Waals surface area (Å²) < 4.78 is 37.7. The number of carbonyl (C=O) groups is 2. The van der Waals surface area contributed by atoms with E-state index in [4.69, 9.17) is 0 Å². The van der Waals surface area contributed by atoms with Crippen LogP contribution >= 0.6 is 0 Å². The molecule has 2 atom stereocenters. The van der Waals surface area contributed by atoms with Crippen LogP contribution in [0.25, 0.3) is 0 Å². The normalized spacial score (nSPS) is 29.8. The number of amides is 2. The Balaban J connectivity index is 1.64. The van der Waals surface area contributed by atoms with Crippen LogP contribution in [0.15, 0.2) is 10.2 Å². The zero-order chi connectivity index (χ0) is 17.5. The minimum atomic E-state index is -4.44. The maximum atomic E-state index is 12.7. The van der Waals surface area contributed by atoms with Crippen LogP contribution in [-0.2, 0) is 9.59 Å². The summed E-state index contributed by atoms with van der Waals surface area (Å²) in [5, 5.41) is 8.04. The molecule has 134 valence electrons. The highest BCUT2D eigenvalue weighted by Gasteiger charge is 2.47. The van der Waals surface area contributed by atoms with Crippen LogP contribution in [0, 0.1) is 11.8 Å². The van der Waals surface area contributed by atoms with Crippen molar-refractivity contribution in [2.24, 2.45) is 22.1 Å². The smallest absolute Gasteiger partial charge is 0.342 e. The first-order valence-electron chi connectivity index (χ1n) is 8.28. The molecule has 9 heteroatoms. The predicted octanol–water partition coefficient (Wildman–Crippen LogP) is 2.21.